The van der Waals surface area contributed by atoms with Crippen LogP contribution in [0.15, 0.2) is 24.3 Å². The van der Waals surface area contributed by atoms with Gasteiger partial charge in [-0.25, -0.2) is 0 Å². The number of nitrogens with one attached hydrogen (secondary N) is 4. The molecule has 1 aromatic carbocycles. The first-order valence-corrected chi connectivity index (χ1v) is 8.64. The van der Waals surface area contributed by atoms with Gasteiger partial charge in [0.2, 0.25) is 5.91 Å². The van der Waals surface area contributed by atoms with Crippen molar-refractivity contribution in [1.82, 2.24) is 5.32 Å². The minimum Gasteiger partial charge on any atom is -0.349 e. The number of quaternary nitrogens is 1. The lowest BCUT2D eigenvalue weighted by molar-refractivity contribution is -0.881. The molecule has 0 fully saturated rings. The molecule has 0 aromatic heterocycles. The molecule has 1 rings (SSSR count). The number of hydrogen-bond acceptors (Lipinski definition) is 3. The van der Waals surface area contributed by atoms with Gasteiger partial charge < -0.3 is 20.9 Å². The molecule has 4 N–H and O–H groups in total. The Morgan fingerprint density at radius 3 is 1.96 bits per heavy atom. The predicted octanol–water partition coefficient (Wildman–Crippen LogP) is 0.403. The number of carbonyl (C=O) groups excluding carboxylic acids is 3. The van der Waals surface area contributed by atoms with Gasteiger partial charge in [-0.3, -0.25) is 14.4 Å². The summed E-state index contributed by atoms with van der Waals surface area (Å²) in [5.41, 5.74) is 1.33. The molecule has 138 valence electrons. The van der Waals surface area contributed by atoms with Crippen LogP contribution in [0.1, 0.15) is 34.1 Å². The van der Waals surface area contributed by atoms with Crippen LogP contribution in [0, 0.1) is 0 Å². The van der Waals surface area contributed by atoms with Crippen LogP contribution in [-0.2, 0) is 14.4 Å². The van der Waals surface area contributed by atoms with Crippen LogP contribution >= 0.6 is 0 Å². The summed E-state index contributed by atoms with van der Waals surface area (Å²) >= 11 is 0. The number of likely N-dealkylation sites (N-methyl/N-ethyl adjacent to an activating group) is 1. The van der Waals surface area contributed by atoms with E-state index in [4.69, 9.17) is 0 Å². The number of anilines is 2. The predicted molar refractivity (Wildman–Crippen MR) is 98.5 cm³/mol. The molecular weight excluding hydrogens is 320 g/mol. The topological polar surface area (TPSA) is 91.7 Å². The molecule has 0 aliphatic carbocycles. The zero-order chi connectivity index (χ0) is 18.8. The number of hydrogen-bond donors (Lipinski definition) is 4. The Hall–Kier alpha value is -2.41. The first-order chi connectivity index (χ1) is 11.8. The second-order valence-electron chi connectivity index (χ2n) is 6.14. The molecule has 7 nitrogen and oxygen atoms in total. The van der Waals surface area contributed by atoms with E-state index >= 15 is 0 Å². The average Bonchev–Trinajstić information content (AvgIpc) is 2.55. The third kappa shape index (κ3) is 8.30. The maximum Gasteiger partial charge on any atom is 0.279 e. The van der Waals surface area contributed by atoms with Crippen molar-refractivity contribution in [3.63, 3.8) is 0 Å². The van der Waals surface area contributed by atoms with Crippen molar-refractivity contribution in [3.8, 4) is 0 Å². The third-order valence-electron chi connectivity index (χ3n) is 3.83. The van der Waals surface area contributed by atoms with Gasteiger partial charge in [0.15, 0.2) is 13.1 Å². The average molecular weight is 349 g/mol. The van der Waals surface area contributed by atoms with E-state index in [1.54, 1.807) is 24.3 Å². The van der Waals surface area contributed by atoms with Gasteiger partial charge in [0, 0.05) is 24.3 Å². The van der Waals surface area contributed by atoms with E-state index in [9.17, 15) is 14.4 Å². The van der Waals surface area contributed by atoms with Crippen molar-refractivity contribution >= 4 is 29.1 Å². The fourth-order valence-corrected chi connectivity index (χ4v) is 2.24. The Bertz CT molecular complexity index is 586. The van der Waals surface area contributed by atoms with E-state index in [-0.39, 0.29) is 36.9 Å². The summed E-state index contributed by atoms with van der Waals surface area (Å²) in [6, 6.07) is 7.04. The van der Waals surface area contributed by atoms with Gasteiger partial charge in [0.05, 0.1) is 6.54 Å². The van der Waals surface area contributed by atoms with Gasteiger partial charge in [0.25, 0.3) is 11.8 Å². The number of carbonyl (C=O) groups is 3. The fraction of sp³-hybridized carbons (Fsp3) is 0.500. The highest BCUT2D eigenvalue weighted by molar-refractivity contribution is 5.92. The maximum atomic E-state index is 12.2. The molecule has 0 heterocycles. The molecular formula is C18H29N4O3+. The minimum absolute atomic E-state index is 0.0429. The molecule has 0 spiro atoms. The Balaban J connectivity index is 2.50. The molecule has 2 atom stereocenters. The molecule has 0 saturated carbocycles. The summed E-state index contributed by atoms with van der Waals surface area (Å²) in [6.45, 7) is 8.54. The highest BCUT2D eigenvalue weighted by atomic mass is 16.2. The molecule has 0 bridgehead atoms. The molecule has 25 heavy (non-hydrogen) atoms. The van der Waals surface area contributed by atoms with Crippen LogP contribution in [0.4, 0.5) is 11.4 Å². The highest BCUT2D eigenvalue weighted by Gasteiger charge is 2.17. The summed E-state index contributed by atoms with van der Waals surface area (Å²) < 4.78 is 0. The third-order valence-corrected chi connectivity index (χ3v) is 3.83. The molecule has 7 heteroatoms. The lowest BCUT2D eigenvalue weighted by Crippen LogP contribution is -3.14. The molecule has 0 radical (unpaired) electrons. The van der Waals surface area contributed by atoms with Crippen LogP contribution in [0.25, 0.3) is 0 Å². The van der Waals surface area contributed by atoms with Crippen LogP contribution in [-0.4, -0.2) is 43.4 Å². The quantitative estimate of drug-likeness (QED) is 0.520. The van der Waals surface area contributed by atoms with Crippen molar-refractivity contribution in [2.75, 3.05) is 30.3 Å². The normalized spacial score (nSPS) is 12.8. The second-order valence-corrected chi connectivity index (χ2v) is 6.14. The standard InChI is InChI=1S/C18H28N4O3/c1-5-13(3)19-17(24)11-22(6-2)12-18(25)21-16-9-7-15(8-10-16)20-14(4)23/h7-10,13H,5-6,11-12H2,1-4H3,(H,19,24)(H,20,23)(H,21,25)/p+1/t13-/m1/s1. The van der Waals surface area contributed by atoms with Crippen LogP contribution in [0.3, 0.4) is 0 Å². The Labute approximate surface area is 149 Å². The van der Waals surface area contributed by atoms with E-state index in [0.717, 1.165) is 11.3 Å². The van der Waals surface area contributed by atoms with Gasteiger partial charge in [-0.05, 0) is 44.5 Å². The number of rotatable bonds is 9. The van der Waals surface area contributed by atoms with E-state index in [1.165, 1.54) is 6.92 Å². The summed E-state index contributed by atoms with van der Waals surface area (Å²) in [4.78, 5) is 36.0. The summed E-state index contributed by atoms with van der Waals surface area (Å²) in [7, 11) is 0. The van der Waals surface area contributed by atoms with E-state index in [0.29, 0.717) is 17.9 Å². The van der Waals surface area contributed by atoms with Gasteiger partial charge >= 0.3 is 0 Å². The zero-order valence-corrected chi connectivity index (χ0v) is 15.4. The van der Waals surface area contributed by atoms with Crippen molar-refractivity contribution in [3.05, 3.63) is 24.3 Å². The van der Waals surface area contributed by atoms with E-state index in [2.05, 4.69) is 16.0 Å². The SMILES string of the molecule is CC[C@@H](C)NC(=O)C[NH+](CC)CC(=O)Nc1ccc(NC(C)=O)cc1. The monoisotopic (exact) mass is 349 g/mol. The Morgan fingerprint density at radius 2 is 1.48 bits per heavy atom. The lowest BCUT2D eigenvalue weighted by atomic mass is 10.2. The van der Waals surface area contributed by atoms with Gasteiger partial charge in [-0.2, -0.15) is 0 Å². The van der Waals surface area contributed by atoms with Crippen molar-refractivity contribution in [1.29, 1.82) is 0 Å². The summed E-state index contributed by atoms with van der Waals surface area (Å²) in [5, 5.41) is 8.39. The highest BCUT2D eigenvalue weighted by Crippen LogP contribution is 2.13. The first-order valence-electron chi connectivity index (χ1n) is 8.64. The van der Waals surface area contributed by atoms with Gasteiger partial charge in [0.1, 0.15) is 0 Å². The largest absolute Gasteiger partial charge is 0.349 e. The molecule has 0 saturated heterocycles. The second kappa shape index (κ2) is 10.5. The maximum absolute atomic E-state index is 12.2. The summed E-state index contributed by atoms with van der Waals surface area (Å²) in [6.07, 6.45) is 0.877. The molecule has 1 unspecified atom stereocenters. The smallest absolute Gasteiger partial charge is 0.279 e. The van der Waals surface area contributed by atoms with E-state index < -0.39 is 0 Å². The van der Waals surface area contributed by atoms with Crippen LogP contribution in [0.5, 0.6) is 0 Å². The minimum atomic E-state index is -0.152. The van der Waals surface area contributed by atoms with Crippen LogP contribution in [0.2, 0.25) is 0 Å². The number of amides is 3. The van der Waals surface area contributed by atoms with Crippen molar-refractivity contribution in [2.45, 2.75) is 40.2 Å². The van der Waals surface area contributed by atoms with Gasteiger partial charge in [-0.15, -0.1) is 0 Å². The molecule has 1 aromatic rings. The fourth-order valence-electron chi connectivity index (χ4n) is 2.24. The summed E-state index contributed by atoms with van der Waals surface area (Å²) in [5.74, 6) is -0.339. The Kier molecular flexibility index (Phi) is 8.63. The van der Waals surface area contributed by atoms with Crippen molar-refractivity contribution in [2.24, 2.45) is 0 Å². The first kappa shape index (κ1) is 20.6. The Morgan fingerprint density at radius 1 is 0.960 bits per heavy atom. The molecule has 0 aliphatic rings. The number of benzene rings is 1. The molecule has 0 aliphatic heterocycles. The van der Waals surface area contributed by atoms with Crippen molar-refractivity contribution < 1.29 is 19.3 Å². The van der Waals surface area contributed by atoms with E-state index in [1.807, 2.05) is 20.8 Å². The molecule has 3 amide bonds. The van der Waals surface area contributed by atoms with Gasteiger partial charge in [-0.1, -0.05) is 6.92 Å². The zero-order valence-electron chi connectivity index (χ0n) is 15.4. The van der Waals surface area contributed by atoms with Crippen LogP contribution < -0.4 is 20.9 Å². The lowest BCUT2D eigenvalue weighted by Gasteiger charge is -2.18.